The van der Waals surface area contributed by atoms with Crippen LogP contribution in [0.15, 0.2) is 18.2 Å². The first-order valence-corrected chi connectivity index (χ1v) is 5.89. The molecule has 1 heterocycles. The summed E-state index contributed by atoms with van der Waals surface area (Å²) in [4.78, 5) is 25.2. The molecule has 20 heavy (non-hydrogen) atoms. The van der Waals surface area contributed by atoms with E-state index >= 15 is 0 Å². The number of hydrogen-bond acceptors (Lipinski definition) is 5. The zero-order valence-electron chi connectivity index (χ0n) is 10.8. The molecular weight excluding hydrogens is 264 g/mol. The first-order chi connectivity index (χ1) is 9.67. The van der Waals surface area contributed by atoms with E-state index in [9.17, 15) is 14.7 Å². The van der Waals surface area contributed by atoms with E-state index in [1.54, 1.807) is 13.2 Å². The molecule has 106 valence electrons. The monoisotopic (exact) mass is 278 g/mol. The molecule has 0 radical (unpaired) electrons. The Morgan fingerprint density at radius 3 is 3.00 bits per heavy atom. The summed E-state index contributed by atoms with van der Waals surface area (Å²) in [6.07, 6.45) is 0. The van der Waals surface area contributed by atoms with Crippen LogP contribution in [0.1, 0.15) is 10.5 Å². The number of carbonyl (C=O) groups is 2. The van der Waals surface area contributed by atoms with Crippen LogP contribution in [0.3, 0.4) is 0 Å². The molecule has 7 nitrogen and oxygen atoms in total. The van der Waals surface area contributed by atoms with Crippen molar-refractivity contribution in [3.63, 3.8) is 0 Å². The van der Waals surface area contributed by atoms with Gasteiger partial charge in [0.25, 0.3) is 12.4 Å². The van der Waals surface area contributed by atoms with Gasteiger partial charge in [0, 0.05) is 19.0 Å². The highest BCUT2D eigenvalue weighted by Crippen LogP contribution is 2.34. The van der Waals surface area contributed by atoms with Gasteiger partial charge in [-0.25, -0.2) is 0 Å². The van der Waals surface area contributed by atoms with Gasteiger partial charge in [0.05, 0.1) is 12.1 Å². The third-order valence-electron chi connectivity index (χ3n) is 2.74. The molecule has 0 saturated carbocycles. The van der Waals surface area contributed by atoms with Crippen molar-refractivity contribution in [2.45, 2.75) is 0 Å². The fourth-order valence-corrected chi connectivity index (χ4v) is 1.82. The lowest BCUT2D eigenvalue weighted by molar-refractivity contribution is -0.120. The largest absolute Gasteiger partial charge is 0.504 e. The van der Waals surface area contributed by atoms with Crippen LogP contribution in [0.5, 0.6) is 11.5 Å². The second kappa shape index (κ2) is 6.07. The topological polar surface area (TPSA) is 101 Å². The minimum absolute atomic E-state index is 0.0182. The number of amides is 1. The predicted octanol–water partition coefficient (Wildman–Crippen LogP) is 0.785. The summed E-state index contributed by atoms with van der Waals surface area (Å²) in [5.41, 5.74) is 0.883. The quantitative estimate of drug-likeness (QED) is 0.535. The molecule has 2 rings (SSSR count). The van der Waals surface area contributed by atoms with Crippen molar-refractivity contribution < 1.29 is 24.2 Å². The number of carbonyl (C=O) groups excluding carboxylic acids is 2. The first kappa shape index (κ1) is 13.9. The Labute approximate surface area is 114 Å². The Hall–Kier alpha value is -2.54. The van der Waals surface area contributed by atoms with Crippen molar-refractivity contribution in [3.8, 4) is 11.5 Å². The molecule has 7 heteroatoms. The van der Waals surface area contributed by atoms with E-state index < -0.39 is 0 Å². The fraction of sp³-hybridized carbons (Fsp3) is 0.231. The number of H-pyrrole nitrogens is 1. The number of ether oxygens (including phenoxy) is 2. The Balaban J connectivity index is 2.31. The Bertz CT molecular complexity index is 635. The molecule has 0 aliphatic heterocycles. The number of fused-ring (bicyclic) bond motifs is 1. The third kappa shape index (κ3) is 2.72. The SMILES string of the molecule is COCCNC(=O)c1cc2c(OC=O)c(O)ccc2[nH]1. The van der Waals surface area contributed by atoms with Gasteiger partial charge in [0.2, 0.25) is 0 Å². The summed E-state index contributed by atoms with van der Waals surface area (Å²) in [7, 11) is 1.54. The number of nitrogens with one attached hydrogen (secondary N) is 2. The zero-order chi connectivity index (χ0) is 14.5. The molecule has 2 aromatic rings. The molecule has 1 aromatic heterocycles. The number of aromatic hydroxyl groups is 1. The highest BCUT2D eigenvalue weighted by molar-refractivity contribution is 6.00. The second-order valence-electron chi connectivity index (χ2n) is 4.02. The Kier molecular flexibility index (Phi) is 4.21. The summed E-state index contributed by atoms with van der Waals surface area (Å²) in [6, 6.07) is 4.48. The number of phenolic OH excluding ortho intramolecular Hbond substituents is 1. The van der Waals surface area contributed by atoms with Crippen molar-refractivity contribution in [2.24, 2.45) is 0 Å². The average Bonchev–Trinajstić information content (AvgIpc) is 2.87. The van der Waals surface area contributed by atoms with Gasteiger partial charge in [-0.05, 0) is 18.2 Å². The van der Waals surface area contributed by atoms with E-state index in [1.807, 2.05) is 0 Å². The maximum atomic E-state index is 11.9. The fourth-order valence-electron chi connectivity index (χ4n) is 1.82. The van der Waals surface area contributed by atoms with Gasteiger partial charge in [-0.3, -0.25) is 9.59 Å². The van der Waals surface area contributed by atoms with Crippen molar-refractivity contribution >= 4 is 23.3 Å². The van der Waals surface area contributed by atoms with Crippen molar-refractivity contribution in [3.05, 3.63) is 23.9 Å². The molecule has 0 atom stereocenters. The van der Waals surface area contributed by atoms with Crippen LogP contribution >= 0.6 is 0 Å². The molecule has 1 aromatic carbocycles. The normalized spacial score (nSPS) is 10.4. The van der Waals surface area contributed by atoms with Crippen LogP contribution in [0, 0.1) is 0 Å². The summed E-state index contributed by atoms with van der Waals surface area (Å²) >= 11 is 0. The van der Waals surface area contributed by atoms with E-state index in [4.69, 9.17) is 9.47 Å². The van der Waals surface area contributed by atoms with E-state index in [-0.39, 0.29) is 23.9 Å². The minimum atomic E-state index is -0.310. The number of hydrogen-bond donors (Lipinski definition) is 3. The smallest absolute Gasteiger partial charge is 0.298 e. The summed E-state index contributed by atoms with van der Waals surface area (Å²) in [6.45, 7) is 1.01. The van der Waals surface area contributed by atoms with Gasteiger partial charge in [-0.1, -0.05) is 0 Å². The molecule has 1 amide bonds. The lowest BCUT2D eigenvalue weighted by Crippen LogP contribution is -2.27. The van der Waals surface area contributed by atoms with Crippen LogP contribution in [0.4, 0.5) is 0 Å². The number of rotatable bonds is 6. The first-order valence-electron chi connectivity index (χ1n) is 5.89. The van der Waals surface area contributed by atoms with Gasteiger partial charge in [-0.15, -0.1) is 0 Å². The van der Waals surface area contributed by atoms with Gasteiger partial charge >= 0.3 is 0 Å². The number of phenols is 1. The second-order valence-corrected chi connectivity index (χ2v) is 4.02. The minimum Gasteiger partial charge on any atom is -0.504 e. The van der Waals surface area contributed by atoms with E-state index in [2.05, 4.69) is 10.3 Å². The average molecular weight is 278 g/mol. The number of aromatic amines is 1. The molecular formula is C13H14N2O5. The number of aromatic nitrogens is 1. The van der Waals surface area contributed by atoms with Crippen molar-refractivity contribution in [1.29, 1.82) is 0 Å². The van der Waals surface area contributed by atoms with Crippen LogP contribution < -0.4 is 10.1 Å². The molecule has 0 unspecified atom stereocenters. The zero-order valence-corrected chi connectivity index (χ0v) is 10.8. The highest BCUT2D eigenvalue weighted by Gasteiger charge is 2.14. The maximum absolute atomic E-state index is 11.9. The Morgan fingerprint density at radius 1 is 1.50 bits per heavy atom. The molecule has 0 bridgehead atoms. The van der Waals surface area contributed by atoms with Crippen LogP contribution in [-0.2, 0) is 9.53 Å². The molecule has 0 aliphatic rings. The summed E-state index contributed by atoms with van der Waals surface area (Å²) in [5, 5.41) is 12.8. The van der Waals surface area contributed by atoms with Gasteiger partial charge in [-0.2, -0.15) is 0 Å². The number of benzene rings is 1. The van der Waals surface area contributed by atoms with E-state index in [1.165, 1.54) is 12.1 Å². The van der Waals surface area contributed by atoms with Gasteiger partial charge in [0.15, 0.2) is 11.5 Å². The lowest BCUT2D eigenvalue weighted by Gasteiger charge is -2.02. The van der Waals surface area contributed by atoms with Gasteiger partial charge < -0.3 is 24.9 Å². The van der Waals surface area contributed by atoms with E-state index in [0.29, 0.717) is 29.7 Å². The number of methoxy groups -OCH3 is 1. The third-order valence-corrected chi connectivity index (χ3v) is 2.74. The molecule has 0 fully saturated rings. The van der Waals surface area contributed by atoms with E-state index in [0.717, 1.165) is 0 Å². The molecule has 3 N–H and O–H groups in total. The maximum Gasteiger partial charge on any atom is 0.298 e. The molecule has 0 saturated heterocycles. The highest BCUT2D eigenvalue weighted by atomic mass is 16.5. The Morgan fingerprint density at radius 2 is 2.30 bits per heavy atom. The molecule has 0 aliphatic carbocycles. The van der Waals surface area contributed by atoms with Crippen LogP contribution in [0.2, 0.25) is 0 Å². The lowest BCUT2D eigenvalue weighted by atomic mass is 10.2. The predicted molar refractivity (Wildman–Crippen MR) is 70.9 cm³/mol. The van der Waals surface area contributed by atoms with Crippen LogP contribution in [-0.4, -0.2) is 42.7 Å². The summed E-state index contributed by atoms with van der Waals surface area (Å²) < 4.78 is 9.58. The molecule has 0 spiro atoms. The van der Waals surface area contributed by atoms with Crippen LogP contribution in [0.25, 0.3) is 10.9 Å². The van der Waals surface area contributed by atoms with Crippen molar-refractivity contribution in [2.75, 3.05) is 20.3 Å². The standard InChI is InChI=1S/C13H14N2O5/c1-19-5-4-14-13(18)10-6-8-9(15-10)2-3-11(17)12(8)20-7-16/h2-3,6-7,15,17H,4-5H2,1H3,(H,14,18). The van der Waals surface area contributed by atoms with Crippen molar-refractivity contribution in [1.82, 2.24) is 10.3 Å². The summed E-state index contributed by atoms with van der Waals surface area (Å²) in [5.74, 6) is -0.463. The van der Waals surface area contributed by atoms with Gasteiger partial charge in [0.1, 0.15) is 5.69 Å².